The molecular weight excluding hydrogens is 287 g/mol. The molecule has 1 aromatic rings. The summed E-state index contributed by atoms with van der Waals surface area (Å²) >= 11 is 5.95. The summed E-state index contributed by atoms with van der Waals surface area (Å²) in [5.41, 5.74) is 6.44. The average Bonchev–Trinajstić information content (AvgIpc) is 2.32. The molecule has 0 fully saturated rings. The molecule has 1 amide bonds. The summed E-state index contributed by atoms with van der Waals surface area (Å²) < 4.78 is 5.50. The largest absolute Gasteiger partial charge is 0.494 e. The van der Waals surface area contributed by atoms with Gasteiger partial charge in [-0.25, -0.2) is 0 Å². The van der Waals surface area contributed by atoms with E-state index in [1.807, 2.05) is 19.1 Å². The predicted octanol–water partition coefficient (Wildman–Crippen LogP) is 2.17. The fourth-order valence-corrected chi connectivity index (χ4v) is 1.72. The Kier molecular flexibility index (Phi) is 8.56. The highest BCUT2D eigenvalue weighted by molar-refractivity contribution is 6.30. The number of nitrogens with two attached hydrogens (primary N) is 1. The molecule has 6 heteroatoms. The third-order valence-corrected chi connectivity index (χ3v) is 2.66. The smallest absolute Gasteiger partial charge is 0.236 e. The Labute approximate surface area is 125 Å². The van der Waals surface area contributed by atoms with Gasteiger partial charge < -0.3 is 15.8 Å². The van der Waals surface area contributed by atoms with E-state index in [9.17, 15) is 4.79 Å². The molecule has 0 radical (unpaired) electrons. The molecule has 3 N–H and O–H groups in total. The van der Waals surface area contributed by atoms with E-state index in [4.69, 9.17) is 22.1 Å². The molecule has 108 valence electrons. The van der Waals surface area contributed by atoms with Crippen molar-refractivity contribution >= 4 is 29.9 Å². The zero-order valence-corrected chi connectivity index (χ0v) is 12.7. The minimum absolute atomic E-state index is 0. The summed E-state index contributed by atoms with van der Waals surface area (Å²) in [4.78, 5) is 11.3. The molecule has 1 aromatic carbocycles. The number of carbonyl (C=O) groups is 1. The maximum atomic E-state index is 11.3. The third-order valence-electron chi connectivity index (χ3n) is 2.43. The summed E-state index contributed by atoms with van der Waals surface area (Å²) in [5, 5.41) is 3.42. The van der Waals surface area contributed by atoms with Crippen LogP contribution in [0.1, 0.15) is 19.4 Å². The molecule has 0 aliphatic carbocycles. The second kappa shape index (κ2) is 9.02. The van der Waals surface area contributed by atoms with Crippen molar-refractivity contribution in [1.29, 1.82) is 0 Å². The molecule has 0 bridgehead atoms. The molecule has 0 aliphatic rings. The molecule has 1 atom stereocenters. The number of carbonyl (C=O) groups excluding carboxylic acids is 1. The van der Waals surface area contributed by atoms with Crippen LogP contribution < -0.4 is 15.8 Å². The topological polar surface area (TPSA) is 64.3 Å². The van der Waals surface area contributed by atoms with Gasteiger partial charge in [-0.15, -0.1) is 12.4 Å². The number of benzene rings is 1. The summed E-state index contributed by atoms with van der Waals surface area (Å²) in [6.45, 7) is 4.69. The van der Waals surface area contributed by atoms with Gasteiger partial charge in [0.1, 0.15) is 5.75 Å². The van der Waals surface area contributed by atoms with Crippen LogP contribution in [0, 0.1) is 0 Å². The first kappa shape index (κ1) is 18.0. The van der Waals surface area contributed by atoms with Crippen LogP contribution in [0.2, 0.25) is 5.02 Å². The van der Waals surface area contributed by atoms with Crippen molar-refractivity contribution in [2.24, 2.45) is 5.73 Å². The molecule has 0 saturated carbocycles. The van der Waals surface area contributed by atoms with Gasteiger partial charge in [0, 0.05) is 11.6 Å². The van der Waals surface area contributed by atoms with E-state index >= 15 is 0 Å². The predicted molar refractivity (Wildman–Crippen MR) is 80.2 cm³/mol. The Hall–Kier alpha value is -0.970. The minimum atomic E-state index is -0.490. The first-order chi connectivity index (χ1) is 8.54. The monoisotopic (exact) mass is 306 g/mol. The van der Waals surface area contributed by atoms with Gasteiger partial charge >= 0.3 is 0 Å². The third kappa shape index (κ3) is 6.14. The van der Waals surface area contributed by atoms with Crippen molar-refractivity contribution in [3.8, 4) is 5.75 Å². The van der Waals surface area contributed by atoms with Gasteiger partial charge in [-0.3, -0.25) is 4.79 Å². The van der Waals surface area contributed by atoms with Crippen LogP contribution in [-0.4, -0.2) is 25.1 Å². The van der Waals surface area contributed by atoms with Gasteiger partial charge in [-0.2, -0.15) is 0 Å². The Morgan fingerprint density at radius 1 is 1.53 bits per heavy atom. The molecule has 0 aromatic heterocycles. The first-order valence-electron chi connectivity index (χ1n) is 5.99. The SMILES string of the molecule is CCOc1ccc(Cl)cc1CCNC(=O)[C@@H](C)N.Cl. The standard InChI is InChI=1S/C13H19ClN2O2.ClH/c1-3-18-12-5-4-11(14)8-10(12)6-7-16-13(17)9(2)15;/h4-5,8-9H,3,6-7,15H2,1-2H3,(H,16,17);1H/t9-;/m1./s1. The van der Waals surface area contributed by atoms with Crippen molar-refractivity contribution in [1.82, 2.24) is 5.32 Å². The summed E-state index contributed by atoms with van der Waals surface area (Å²) in [6, 6.07) is 4.99. The fourth-order valence-electron chi connectivity index (χ4n) is 1.52. The van der Waals surface area contributed by atoms with E-state index in [-0.39, 0.29) is 18.3 Å². The summed E-state index contributed by atoms with van der Waals surface area (Å²) in [5.74, 6) is 0.645. The van der Waals surface area contributed by atoms with Gasteiger partial charge in [0.05, 0.1) is 12.6 Å². The Balaban J connectivity index is 0.00000324. The highest BCUT2D eigenvalue weighted by atomic mass is 35.5. The molecular formula is C13H20Cl2N2O2. The van der Waals surface area contributed by atoms with Crippen LogP contribution in [0.15, 0.2) is 18.2 Å². The normalized spacial score (nSPS) is 11.4. The quantitative estimate of drug-likeness (QED) is 0.846. The van der Waals surface area contributed by atoms with Crippen molar-refractivity contribution in [3.63, 3.8) is 0 Å². The van der Waals surface area contributed by atoms with Crippen molar-refractivity contribution in [3.05, 3.63) is 28.8 Å². The molecule has 1 rings (SSSR count). The number of hydrogen-bond acceptors (Lipinski definition) is 3. The Morgan fingerprint density at radius 2 is 2.21 bits per heavy atom. The number of amides is 1. The van der Waals surface area contributed by atoms with E-state index < -0.39 is 6.04 Å². The fraction of sp³-hybridized carbons (Fsp3) is 0.462. The molecule has 0 saturated heterocycles. The van der Waals surface area contributed by atoms with Gasteiger partial charge in [0.2, 0.25) is 5.91 Å². The number of nitrogens with one attached hydrogen (secondary N) is 1. The number of ether oxygens (including phenoxy) is 1. The molecule has 0 heterocycles. The number of halogens is 2. The van der Waals surface area contributed by atoms with E-state index in [1.165, 1.54) is 0 Å². The van der Waals surface area contributed by atoms with Gasteiger partial charge in [-0.05, 0) is 44.0 Å². The molecule has 0 unspecified atom stereocenters. The minimum Gasteiger partial charge on any atom is -0.494 e. The van der Waals surface area contributed by atoms with Gasteiger partial charge in [0.15, 0.2) is 0 Å². The van der Waals surface area contributed by atoms with Crippen LogP contribution in [0.25, 0.3) is 0 Å². The Bertz CT molecular complexity index is 412. The maximum Gasteiger partial charge on any atom is 0.236 e. The van der Waals surface area contributed by atoms with E-state index in [2.05, 4.69) is 5.32 Å². The molecule has 0 spiro atoms. The maximum absolute atomic E-state index is 11.3. The van der Waals surface area contributed by atoms with Crippen molar-refractivity contribution < 1.29 is 9.53 Å². The Morgan fingerprint density at radius 3 is 2.79 bits per heavy atom. The first-order valence-corrected chi connectivity index (χ1v) is 6.37. The van der Waals surface area contributed by atoms with Crippen molar-refractivity contribution in [2.75, 3.05) is 13.2 Å². The number of hydrogen-bond donors (Lipinski definition) is 2. The number of rotatable bonds is 6. The van der Waals surface area contributed by atoms with Crippen LogP contribution in [0.4, 0.5) is 0 Å². The van der Waals surface area contributed by atoms with E-state index in [0.29, 0.717) is 24.6 Å². The zero-order valence-electron chi connectivity index (χ0n) is 11.1. The summed E-state index contributed by atoms with van der Waals surface area (Å²) in [7, 11) is 0. The summed E-state index contributed by atoms with van der Waals surface area (Å²) in [6.07, 6.45) is 0.661. The lowest BCUT2D eigenvalue weighted by molar-refractivity contribution is -0.121. The van der Waals surface area contributed by atoms with Crippen LogP contribution in [0.5, 0.6) is 5.75 Å². The lowest BCUT2D eigenvalue weighted by atomic mass is 10.1. The van der Waals surface area contributed by atoms with Crippen LogP contribution in [-0.2, 0) is 11.2 Å². The van der Waals surface area contributed by atoms with E-state index in [1.54, 1.807) is 13.0 Å². The van der Waals surface area contributed by atoms with Crippen molar-refractivity contribution in [2.45, 2.75) is 26.3 Å². The molecule has 19 heavy (non-hydrogen) atoms. The second-order valence-corrected chi connectivity index (χ2v) is 4.45. The average molecular weight is 307 g/mol. The van der Waals surface area contributed by atoms with E-state index in [0.717, 1.165) is 11.3 Å². The lowest BCUT2D eigenvalue weighted by Crippen LogP contribution is -2.39. The zero-order chi connectivity index (χ0) is 13.5. The lowest BCUT2D eigenvalue weighted by Gasteiger charge is -2.12. The highest BCUT2D eigenvalue weighted by Gasteiger charge is 2.08. The molecule has 0 aliphatic heterocycles. The van der Waals surface area contributed by atoms with Gasteiger partial charge in [-0.1, -0.05) is 11.6 Å². The highest BCUT2D eigenvalue weighted by Crippen LogP contribution is 2.23. The van der Waals surface area contributed by atoms with Gasteiger partial charge in [0.25, 0.3) is 0 Å². The second-order valence-electron chi connectivity index (χ2n) is 4.01. The molecule has 4 nitrogen and oxygen atoms in total. The van der Waals surface area contributed by atoms with Crippen LogP contribution in [0.3, 0.4) is 0 Å². The van der Waals surface area contributed by atoms with Crippen LogP contribution >= 0.6 is 24.0 Å².